The minimum Gasteiger partial charge on any atom is -0.395 e. The van der Waals surface area contributed by atoms with Gasteiger partial charge in [0.2, 0.25) is 0 Å². The van der Waals surface area contributed by atoms with E-state index in [1.807, 2.05) is 0 Å². The summed E-state index contributed by atoms with van der Waals surface area (Å²) in [4.78, 5) is 14.9. The zero-order valence-electron chi connectivity index (χ0n) is 7.33. The lowest BCUT2D eigenvalue weighted by atomic mass is 10.3. The molecule has 1 aromatic rings. The number of hydrogen-bond donors (Lipinski definition) is 3. The second kappa shape index (κ2) is 4.92. The van der Waals surface area contributed by atoms with Crippen molar-refractivity contribution in [3.05, 3.63) is 22.4 Å². The number of nitrogens with one attached hydrogen (secondary N) is 1. The molecule has 0 spiro atoms. The number of rotatable bonds is 4. The van der Waals surface area contributed by atoms with Crippen LogP contribution in [0.2, 0.25) is 0 Å². The number of aliphatic hydroxyl groups is 1. The normalized spacial score (nSPS) is 9.86. The Morgan fingerprint density at radius 1 is 1.64 bits per heavy atom. The zero-order chi connectivity index (χ0) is 10.6. The lowest BCUT2D eigenvalue weighted by Gasteiger charge is -2.07. The maximum atomic E-state index is 11.0. The summed E-state index contributed by atoms with van der Waals surface area (Å²) in [5, 5.41) is 11.4. The molecule has 76 valence electrons. The molecular weight excluding hydrogens is 250 g/mol. The molecule has 0 aromatic carbocycles. The average Bonchev–Trinajstić information content (AvgIpc) is 2.15. The Kier molecular flexibility index (Phi) is 3.84. The number of nitrogens with zero attached hydrogens (tertiary/aromatic N) is 1. The molecule has 0 radical (unpaired) electrons. The maximum Gasteiger partial charge on any atom is 0.269 e. The van der Waals surface area contributed by atoms with E-state index in [4.69, 9.17) is 10.8 Å². The molecule has 14 heavy (non-hydrogen) atoms. The molecule has 1 heterocycles. The highest BCUT2D eigenvalue weighted by Gasteiger charge is 2.09. The summed E-state index contributed by atoms with van der Waals surface area (Å²) in [6.45, 7) is 0.331. The smallest absolute Gasteiger partial charge is 0.269 e. The minimum atomic E-state index is -0.605. The number of pyridine rings is 1. The predicted octanol–water partition coefficient (Wildman–Crippen LogP) is 0.347. The fourth-order valence-corrected chi connectivity index (χ4v) is 1.27. The van der Waals surface area contributed by atoms with Crippen molar-refractivity contribution in [2.75, 3.05) is 18.5 Å². The van der Waals surface area contributed by atoms with Crippen molar-refractivity contribution in [2.45, 2.75) is 0 Å². The number of carbonyl (C=O) groups excluding carboxylic acids is 1. The second-order valence-electron chi connectivity index (χ2n) is 2.54. The van der Waals surface area contributed by atoms with Crippen LogP contribution in [-0.2, 0) is 0 Å². The van der Waals surface area contributed by atoms with Crippen LogP contribution in [0.1, 0.15) is 10.5 Å². The van der Waals surface area contributed by atoms with E-state index in [1.165, 1.54) is 0 Å². The van der Waals surface area contributed by atoms with Gasteiger partial charge in [0.1, 0.15) is 4.60 Å². The molecule has 0 fully saturated rings. The first-order chi connectivity index (χ1) is 6.65. The number of anilines is 1. The van der Waals surface area contributed by atoms with Crippen LogP contribution in [0.25, 0.3) is 0 Å². The van der Waals surface area contributed by atoms with Gasteiger partial charge in [-0.15, -0.1) is 0 Å². The van der Waals surface area contributed by atoms with E-state index >= 15 is 0 Å². The molecular formula is C8H10BrN3O2. The van der Waals surface area contributed by atoms with Crippen LogP contribution in [0.4, 0.5) is 5.69 Å². The monoisotopic (exact) mass is 259 g/mol. The van der Waals surface area contributed by atoms with Crippen LogP contribution in [0.5, 0.6) is 0 Å². The van der Waals surface area contributed by atoms with Gasteiger partial charge < -0.3 is 16.2 Å². The molecule has 0 bridgehead atoms. The highest BCUT2D eigenvalue weighted by atomic mass is 79.9. The molecule has 1 rings (SSSR count). The van der Waals surface area contributed by atoms with E-state index in [9.17, 15) is 4.79 Å². The first-order valence-corrected chi connectivity index (χ1v) is 4.75. The van der Waals surface area contributed by atoms with Crippen LogP contribution in [0, 0.1) is 0 Å². The quantitative estimate of drug-likeness (QED) is 0.681. The maximum absolute atomic E-state index is 11.0. The summed E-state index contributed by atoms with van der Waals surface area (Å²) in [5.41, 5.74) is 5.81. The van der Waals surface area contributed by atoms with E-state index in [0.29, 0.717) is 16.8 Å². The molecule has 5 nitrogen and oxygen atoms in total. The fraction of sp³-hybridized carbons (Fsp3) is 0.250. The number of aliphatic hydroxyl groups excluding tert-OH is 1. The zero-order valence-corrected chi connectivity index (χ0v) is 8.91. The van der Waals surface area contributed by atoms with Gasteiger partial charge >= 0.3 is 0 Å². The highest BCUT2D eigenvalue weighted by molar-refractivity contribution is 9.10. The van der Waals surface area contributed by atoms with Crippen molar-refractivity contribution in [3.8, 4) is 0 Å². The Hall–Kier alpha value is -1.14. The molecule has 1 aromatic heterocycles. The average molecular weight is 260 g/mol. The molecule has 0 unspecified atom stereocenters. The Morgan fingerprint density at radius 2 is 2.36 bits per heavy atom. The van der Waals surface area contributed by atoms with Crippen molar-refractivity contribution < 1.29 is 9.90 Å². The summed E-state index contributed by atoms with van der Waals surface area (Å²) in [6, 6.07) is 3.36. The van der Waals surface area contributed by atoms with Gasteiger partial charge in [0, 0.05) is 6.54 Å². The van der Waals surface area contributed by atoms with Crippen molar-refractivity contribution in [1.29, 1.82) is 0 Å². The number of nitrogens with two attached hydrogens (primary N) is 1. The van der Waals surface area contributed by atoms with Crippen LogP contribution in [0.15, 0.2) is 16.7 Å². The van der Waals surface area contributed by atoms with Crippen LogP contribution >= 0.6 is 15.9 Å². The SMILES string of the molecule is NC(=O)c1nc(Br)ccc1NCCO. The summed E-state index contributed by atoms with van der Waals surface area (Å²) in [7, 11) is 0. The van der Waals surface area contributed by atoms with Gasteiger partial charge in [-0.05, 0) is 28.1 Å². The van der Waals surface area contributed by atoms with Crippen molar-refractivity contribution >= 4 is 27.5 Å². The molecule has 0 saturated carbocycles. The minimum absolute atomic E-state index is 0.0196. The van der Waals surface area contributed by atoms with Gasteiger partial charge in [-0.2, -0.15) is 0 Å². The first-order valence-electron chi connectivity index (χ1n) is 3.96. The van der Waals surface area contributed by atoms with Crippen molar-refractivity contribution in [2.24, 2.45) is 5.73 Å². The lowest BCUT2D eigenvalue weighted by Crippen LogP contribution is -2.17. The number of amides is 1. The van der Waals surface area contributed by atoms with E-state index in [1.54, 1.807) is 12.1 Å². The topological polar surface area (TPSA) is 88.2 Å². The van der Waals surface area contributed by atoms with E-state index in [-0.39, 0.29) is 12.3 Å². The first kappa shape index (κ1) is 10.9. The summed E-state index contributed by atoms with van der Waals surface area (Å²) in [5.74, 6) is -0.605. The number of aromatic nitrogens is 1. The molecule has 1 amide bonds. The van der Waals surface area contributed by atoms with Gasteiger partial charge in [-0.3, -0.25) is 4.79 Å². The molecule has 6 heteroatoms. The van der Waals surface area contributed by atoms with Crippen molar-refractivity contribution in [1.82, 2.24) is 4.98 Å². The van der Waals surface area contributed by atoms with Gasteiger partial charge in [0.25, 0.3) is 5.91 Å². The van der Waals surface area contributed by atoms with E-state index < -0.39 is 5.91 Å². The third-order valence-electron chi connectivity index (χ3n) is 1.52. The summed E-state index contributed by atoms with van der Waals surface area (Å²) >= 11 is 3.14. The predicted molar refractivity (Wildman–Crippen MR) is 56.0 cm³/mol. The third-order valence-corrected chi connectivity index (χ3v) is 1.96. The Bertz CT molecular complexity index is 343. The molecule has 0 aliphatic rings. The van der Waals surface area contributed by atoms with Gasteiger partial charge in [-0.25, -0.2) is 4.98 Å². The number of halogens is 1. The number of carbonyl (C=O) groups is 1. The summed E-state index contributed by atoms with van der Waals surface area (Å²) < 4.78 is 0.542. The largest absolute Gasteiger partial charge is 0.395 e. The Balaban J connectivity index is 2.96. The van der Waals surface area contributed by atoms with Crippen molar-refractivity contribution in [3.63, 3.8) is 0 Å². The molecule has 4 N–H and O–H groups in total. The molecule has 0 saturated heterocycles. The standard InChI is InChI=1S/C8H10BrN3O2/c9-6-2-1-5(11-3-4-13)7(12-6)8(10)14/h1-2,11,13H,3-4H2,(H2,10,14). The Labute approximate surface area is 89.5 Å². The highest BCUT2D eigenvalue weighted by Crippen LogP contribution is 2.16. The van der Waals surface area contributed by atoms with E-state index in [2.05, 4.69) is 26.2 Å². The lowest BCUT2D eigenvalue weighted by molar-refractivity contribution is 0.0996. The number of hydrogen-bond acceptors (Lipinski definition) is 4. The van der Waals surface area contributed by atoms with Crippen LogP contribution in [-0.4, -0.2) is 29.1 Å². The number of primary amides is 1. The van der Waals surface area contributed by atoms with Crippen LogP contribution in [0.3, 0.4) is 0 Å². The molecule has 0 aliphatic heterocycles. The van der Waals surface area contributed by atoms with Crippen LogP contribution < -0.4 is 11.1 Å². The molecule has 0 atom stereocenters. The molecule has 0 aliphatic carbocycles. The second-order valence-corrected chi connectivity index (χ2v) is 3.36. The van der Waals surface area contributed by atoms with Gasteiger partial charge in [-0.1, -0.05) is 0 Å². The summed E-state index contributed by atoms with van der Waals surface area (Å²) in [6.07, 6.45) is 0. The third kappa shape index (κ3) is 2.68. The van der Waals surface area contributed by atoms with Gasteiger partial charge in [0.15, 0.2) is 5.69 Å². The van der Waals surface area contributed by atoms with Gasteiger partial charge in [0.05, 0.1) is 12.3 Å². The van der Waals surface area contributed by atoms with E-state index in [0.717, 1.165) is 0 Å². The fourth-order valence-electron chi connectivity index (χ4n) is 0.956. The Morgan fingerprint density at radius 3 is 2.93 bits per heavy atom.